The van der Waals surface area contributed by atoms with Crippen molar-refractivity contribution in [3.63, 3.8) is 0 Å². The summed E-state index contributed by atoms with van der Waals surface area (Å²) < 4.78 is 0. The van der Waals surface area contributed by atoms with Crippen molar-refractivity contribution in [2.24, 2.45) is 5.73 Å². The minimum Gasteiger partial charge on any atom is -0.508 e. The number of phenolic OH excluding ortho intramolecular Hbond substituents is 1. The van der Waals surface area contributed by atoms with Crippen molar-refractivity contribution in [2.45, 2.75) is 12.8 Å². The molecule has 0 spiro atoms. The van der Waals surface area contributed by atoms with Gasteiger partial charge in [0, 0.05) is 0 Å². The van der Waals surface area contributed by atoms with Gasteiger partial charge in [-0.05, 0) is 42.6 Å². The Labute approximate surface area is 77.7 Å². The Balaban J connectivity index is 2.27. The van der Waals surface area contributed by atoms with E-state index in [0.29, 0.717) is 12.3 Å². The Morgan fingerprint density at radius 3 is 3.00 bits per heavy atom. The Kier molecular flexibility index (Phi) is 2.07. The largest absolute Gasteiger partial charge is 0.508 e. The average molecular weight is 175 g/mol. The van der Waals surface area contributed by atoms with Crippen molar-refractivity contribution in [2.75, 3.05) is 6.54 Å². The molecule has 2 rings (SSSR count). The maximum atomic E-state index is 9.26. The van der Waals surface area contributed by atoms with Gasteiger partial charge in [0.05, 0.1) is 0 Å². The van der Waals surface area contributed by atoms with Crippen molar-refractivity contribution in [3.05, 3.63) is 34.9 Å². The van der Waals surface area contributed by atoms with Crippen molar-refractivity contribution < 1.29 is 5.11 Å². The topological polar surface area (TPSA) is 46.2 Å². The van der Waals surface area contributed by atoms with Crippen LogP contribution in [0.3, 0.4) is 0 Å². The van der Waals surface area contributed by atoms with E-state index in [-0.39, 0.29) is 0 Å². The van der Waals surface area contributed by atoms with Crippen molar-refractivity contribution in [1.82, 2.24) is 0 Å². The van der Waals surface area contributed by atoms with Gasteiger partial charge in [-0.2, -0.15) is 0 Å². The first kappa shape index (κ1) is 8.32. The van der Waals surface area contributed by atoms with Gasteiger partial charge in [-0.1, -0.05) is 17.7 Å². The minimum atomic E-state index is 0.337. The molecule has 0 unspecified atom stereocenters. The van der Waals surface area contributed by atoms with Crippen LogP contribution in [0.4, 0.5) is 0 Å². The summed E-state index contributed by atoms with van der Waals surface area (Å²) in [5, 5.41) is 9.26. The lowest BCUT2D eigenvalue weighted by Crippen LogP contribution is -1.99. The van der Waals surface area contributed by atoms with Crippen LogP contribution >= 0.6 is 0 Å². The lowest BCUT2D eigenvalue weighted by atomic mass is 10.1. The van der Waals surface area contributed by atoms with Crippen LogP contribution < -0.4 is 5.73 Å². The van der Waals surface area contributed by atoms with Gasteiger partial charge in [0.25, 0.3) is 0 Å². The van der Waals surface area contributed by atoms with Crippen LogP contribution in [0.25, 0.3) is 6.08 Å². The second-order valence-electron chi connectivity index (χ2n) is 3.40. The quantitative estimate of drug-likeness (QED) is 0.718. The number of phenols is 1. The van der Waals surface area contributed by atoms with Crippen LogP contribution in [-0.2, 0) is 6.42 Å². The molecule has 1 aromatic carbocycles. The van der Waals surface area contributed by atoms with Gasteiger partial charge in [-0.15, -0.1) is 0 Å². The van der Waals surface area contributed by atoms with Crippen LogP contribution in [0.2, 0.25) is 0 Å². The second-order valence-corrected chi connectivity index (χ2v) is 3.40. The number of fused-ring (bicyclic) bond motifs is 1. The Morgan fingerprint density at radius 2 is 2.23 bits per heavy atom. The molecule has 0 bridgehead atoms. The average Bonchev–Trinajstić information content (AvgIpc) is 2.46. The predicted molar refractivity (Wildman–Crippen MR) is 53.5 cm³/mol. The van der Waals surface area contributed by atoms with Gasteiger partial charge >= 0.3 is 0 Å². The molecule has 0 amide bonds. The highest BCUT2D eigenvalue weighted by molar-refractivity contribution is 5.65. The van der Waals surface area contributed by atoms with Crippen LogP contribution in [0, 0.1) is 0 Å². The molecule has 0 heterocycles. The maximum Gasteiger partial charge on any atom is 0.116 e. The third-order valence-electron chi connectivity index (χ3n) is 2.37. The van der Waals surface area contributed by atoms with Crippen molar-refractivity contribution in [1.29, 1.82) is 0 Å². The molecular formula is C11H13NO. The van der Waals surface area contributed by atoms with Crippen molar-refractivity contribution in [3.8, 4) is 5.75 Å². The van der Waals surface area contributed by atoms with Gasteiger partial charge in [0.1, 0.15) is 5.75 Å². The van der Waals surface area contributed by atoms with Gasteiger partial charge in [0.2, 0.25) is 0 Å². The monoisotopic (exact) mass is 175 g/mol. The molecule has 0 aliphatic heterocycles. The number of hydrogen-bond acceptors (Lipinski definition) is 2. The van der Waals surface area contributed by atoms with E-state index in [0.717, 1.165) is 18.4 Å². The molecule has 1 aliphatic carbocycles. The first-order valence-electron chi connectivity index (χ1n) is 4.51. The molecule has 0 aromatic heterocycles. The van der Waals surface area contributed by atoms with Crippen LogP contribution in [0.1, 0.15) is 17.5 Å². The van der Waals surface area contributed by atoms with E-state index in [9.17, 15) is 5.11 Å². The lowest BCUT2D eigenvalue weighted by Gasteiger charge is -1.98. The molecule has 3 N–H and O–H groups in total. The molecule has 0 radical (unpaired) electrons. The fraction of sp³-hybridized carbons (Fsp3) is 0.273. The molecule has 0 saturated heterocycles. The molecule has 1 aliphatic rings. The molecule has 2 heteroatoms. The molecule has 2 nitrogen and oxygen atoms in total. The number of benzene rings is 1. The number of nitrogens with two attached hydrogens (primary N) is 1. The summed E-state index contributed by atoms with van der Waals surface area (Å²) >= 11 is 0. The molecule has 0 saturated carbocycles. The zero-order chi connectivity index (χ0) is 9.26. The molecular weight excluding hydrogens is 162 g/mol. The van der Waals surface area contributed by atoms with Crippen molar-refractivity contribution >= 4 is 6.08 Å². The fourth-order valence-corrected chi connectivity index (χ4v) is 1.74. The summed E-state index contributed by atoms with van der Waals surface area (Å²) in [7, 11) is 0. The Morgan fingerprint density at radius 1 is 1.38 bits per heavy atom. The van der Waals surface area contributed by atoms with E-state index in [1.54, 1.807) is 12.1 Å². The third-order valence-corrected chi connectivity index (χ3v) is 2.37. The van der Waals surface area contributed by atoms with Gasteiger partial charge in [-0.25, -0.2) is 0 Å². The van der Waals surface area contributed by atoms with E-state index in [2.05, 4.69) is 6.08 Å². The normalized spacial score (nSPS) is 14.1. The molecule has 68 valence electrons. The van der Waals surface area contributed by atoms with Gasteiger partial charge in [0.15, 0.2) is 0 Å². The Hall–Kier alpha value is -1.28. The highest BCUT2D eigenvalue weighted by atomic mass is 16.3. The first-order valence-corrected chi connectivity index (χ1v) is 4.51. The zero-order valence-corrected chi connectivity index (χ0v) is 7.46. The summed E-state index contributed by atoms with van der Waals surface area (Å²) in [6.07, 6.45) is 4.07. The first-order chi connectivity index (χ1) is 6.29. The van der Waals surface area contributed by atoms with Gasteiger partial charge in [-0.3, -0.25) is 0 Å². The second kappa shape index (κ2) is 3.23. The molecule has 0 fully saturated rings. The van der Waals surface area contributed by atoms with E-state index >= 15 is 0 Å². The summed E-state index contributed by atoms with van der Waals surface area (Å²) in [5.74, 6) is 0.337. The summed E-state index contributed by atoms with van der Waals surface area (Å²) in [6.45, 7) is 0.700. The summed E-state index contributed by atoms with van der Waals surface area (Å²) in [5.41, 5.74) is 9.28. The zero-order valence-electron chi connectivity index (χ0n) is 7.46. The highest BCUT2D eigenvalue weighted by Crippen LogP contribution is 2.28. The van der Waals surface area contributed by atoms with E-state index in [1.807, 2.05) is 6.07 Å². The Bertz CT molecular complexity index is 355. The summed E-state index contributed by atoms with van der Waals surface area (Å²) in [6, 6.07) is 5.52. The SMILES string of the molecule is NCCC1=Cc2cc(O)ccc2C1. The molecule has 0 atom stereocenters. The van der Waals surface area contributed by atoms with Crippen LogP contribution in [-0.4, -0.2) is 11.7 Å². The van der Waals surface area contributed by atoms with E-state index in [4.69, 9.17) is 5.73 Å². The minimum absolute atomic E-state index is 0.337. The number of rotatable bonds is 2. The number of hydrogen-bond donors (Lipinski definition) is 2. The molecule has 1 aromatic rings. The maximum absolute atomic E-state index is 9.26. The third kappa shape index (κ3) is 1.58. The van der Waals surface area contributed by atoms with Gasteiger partial charge < -0.3 is 10.8 Å². The van der Waals surface area contributed by atoms with Crippen LogP contribution in [0.15, 0.2) is 23.8 Å². The van der Waals surface area contributed by atoms with E-state index < -0.39 is 0 Å². The highest BCUT2D eigenvalue weighted by Gasteiger charge is 2.11. The fourth-order valence-electron chi connectivity index (χ4n) is 1.74. The molecule has 13 heavy (non-hydrogen) atoms. The van der Waals surface area contributed by atoms with Crippen LogP contribution in [0.5, 0.6) is 5.75 Å². The van der Waals surface area contributed by atoms with E-state index in [1.165, 1.54) is 11.1 Å². The lowest BCUT2D eigenvalue weighted by molar-refractivity contribution is 0.475. The predicted octanol–water partition coefficient (Wildman–Crippen LogP) is 1.68. The number of aromatic hydroxyl groups is 1. The standard InChI is InChI=1S/C11H13NO/c12-4-3-8-5-9-1-2-11(13)7-10(9)6-8/h1-2,6-7,13H,3-5,12H2. The summed E-state index contributed by atoms with van der Waals surface area (Å²) in [4.78, 5) is 0. The smallest absolute Gasteiger partial charge is 0.116 e.